The smallest absolute Gasteiger partial charge is 0.332 e. The third kappa shape index (κ3) is 2.93. The first-order valence-corrected chi connectivity index (χ1v) is 6.03. The Kier molecular flexibility index (Phi) is 3.99. The molecule has 1 heterocycles. The number of aliphatic carboxylic acids is 1. The predicted molar refractivity (Wildman–Crippen MR) is 65.3 cm³/mol. The lowest BCUT2D eigenvalue weighted by Crippen LogP contribution is -2.30. The molecule has 0 spiro atoms. The number of hydrogen-bond acceptors (Lipinski definition) is 3. The molecule has 2 N–H and O–H groups in total. The summed E-state index contributed by atoms with van der Waals surface area (Å²) in [6.45, 7) is 1.40. The van der Waals surface area contributed by atoms with Crippen molar-refractivity contribution in [2.75, 3.05) is 5.32 Å². The fourth-order valence-electron chi connectivity index (χ4n) is 1.97. The topological polar surface area (TPSA) is 75.6 Å². The van der Waals surface area contributed by atoms with Crippen molar-refractivity contribution in [3.05, 3.63) is 29.3 Å². The van der Waals surface area contributed by atoms with Crippen molar-refractivity contribution in [1.82, 2.24) is 0 Å². The number of carbonyl (C=O) groups is 2. The van der Waals surface area contributed by atoms with Crippen molar-refractivity contribution >= 4 is 17.6 Å². The van der Waals surface area contributed by atoms with Crippen molar-refractivity contribution < 1.29 is 28.2 Å². The molecule has 2 atom stereocenters. The molecule has 2 rings (SSSR count). The fourth-order valence-corrected chi connectivity index (χ4v) is 1.97. The molecule has 1 aliphatic rings. The van der Waals surface area contributed by atoms with Gasteiger partial charge in [0.1, 0.15) is 17.7 Å². The SMILES string of the molecule is Cc1cc(F)c(NC(=O)C2CCC(C(=O)O)O2)cc1F. The van der Waals surface area contributed by atoms with E-state index in [1.165, 1.54) is 6.92 Å². The maximum atomic E-state index is 13.6. The molecular formula is C13H13F2NO4. The van der Waals surface area contributed by atoms with Crippen LogP contribution < -0.4 is 5.32 Å². The van der Waals surface area contributed by atoms with Gasteiger partial charge in [0, 0.05) is 6.07 Å². The molecule has 1 fully saturated rings. The maximum absolute atomic E-state index is 13.6. The number of rotatable bonds is 3. The van der Waals surface area contributed by atoms with E-state index in [9.17, 15) is 18.4 Å². The minimum Gasteiger partial charge on any atom is -0.479 e. The molecule has 0 aliphatic carbocycles. The normalized spacial score (nSPS) is 21.8. The van der Waals surface area contributed by atoms with Crippen molar-refractivity contribution in [2.45, 2.75) is 32.0 Å². The highest BCUT2D eigenvalue weighted by Crippen LogP contribution is 2.23. The largest absolute Gasteiger partial charge is 0.479 e. The lowest BCUT2D eigenvalue weighted by atomic mass is 10.1. The van der Waals surface area contributed by atoms with Crippen molar-refractivity contribution in [2.24, 2.45) is 0 Å². The van der Waals surface area contributed by atoms with Crippen molar-refractivity contribution in [3.63, 3.8) is 0 Å². The second-order valence-corrected chi connectivity index (χ2v) is 4.60. The number of halogens is 2. The fraction of sp³-hybridized carbons (Fsp3) is 0.385. The molecule has 20 heavy (non-hydrogen) atoms. The Morgan fingerprint density at radius 3 is 2.50 bits per heavy atom. The van der Waals surface area contributed by atoms with Crippen LogP contribution in [0.25, 0.3) is 0 Å². The highest BCUT2D eigenvalue weighted by molar-refractivity contribution is 5.94. The number of aryl methyl sites for hydroxylation is 1. The summed E-state index contributed by atoms with van der Waals surface area (Å²) in [6, 6.07) is 1.85. The lowest BCUT2D eigenvalue weighted by molar-refractivity contribution is -0.150. The van der Waals surface area contributed by atoms with Crippen LogP contribution in [-0.2, 0) is 14.3 Å². The summed E-state index contributed by atoms with van der Waals surface area (Å²) < 4.78 is 31.9. The van der Waals surface area contributed by atoms with Gasteiger partial charge in [-0.1, -0.05) is 0 Å². The van der Waals surface area contributed by atoms with Gasteiger partial charge >= 0.3 is 5.97 Å². The summed E-state index contributed by atoms with van der Waals surface area (Å²) in [5, 5.41) is 11.0. The van der Waals surface area contributed by atoms with Crippen LogP contribution in [0.5, 0.6) is 0 Å². The summed E-state index contributed by atoms with van der Waals surface area (Å²) in [7, 11) is 0. The van der Waals surface area contributed by atoms with E-state index in [0.29, 0.717) is 0 Å². The van der Waals surface area contributed by atoms with Gasteiger partial charge in [-0.05, 0) is 31.4 Å². The van der Waals surface area contributed by atoms with E-state index < -0.39 is 35.7 Å². The van der Waals surface area contributed by atoms with Crippen molar-refractivity contribution in [3.8, 4) is 0 Å². The van der Waals surface area contributed by atoms with Gasteiger partial charge in [0.2, 0.25) is 0 Å². The summed E-state index contributed by atoms with van der Waals surface area (Å²) >= 11 is 0. The third-order valence-electron chi connectivity index (χ3n) is 3.09. The van der Waals surface area contributed by atoms with Gasteiger partial charge in [-0.15, -0.1) is 0 Å². The highest BCUT2D eigenvalue weighted by Gasteiger charge is 2.35. The molecule has 0 radical (unpaired) electrons. The number of carboxylic acids is 1. The summed E-state index contributed by atoms with van der Waals surface area (Å²) in [5.41, 5.74) is -0.163. The molecule has 1 amide bonds. The molecule has 5 nitrogen and oxygen atoms in total. The minimum atomic E-state index is -1.15. The first-order valence-electron chi connectivity index (χ1n) is 6.03. The van der Waals surface area contributed by atoms with Gasteiger partial charge < -0.3 is 15.2 Å². The number of hydrogen-bond donors (Lipinski definition) is 2. The molecule has 108 valence electrons. The first kappa shape index (κ1) is 14.4. The van der Waals surface area contributed by atoms with Gasteiger partial charge in [0.05, 0.1) is 5.69 Å². The van der Waals surface area contributed by atoms with Crippen LogP contribution >= 0.6 is 0 Å². The van der Waals surface area contributed by atoms with Crippen LogP contribution in [0, 0.1) is 18.6 Å². The van der Waals surface area contributed by atoms with Crippen LogP contribution in [0.2, 0.25) is 0 Å². The lowest BCUT2D eigenvalue weighted by Gasteiger charge is -2.12. The van der Waals surface area contributed by atoms with E-state index in [-0.39, 0.29) is 24.1 Å². The average molecular weight is 285 g/mol. The number of nitrogens with one attached hydrogen (secondary N) is 1. The van der Waals surface area contributed by atoms with Crippen molar-refractivity contribution in [1.29, 1.82) is 0 Å². The Balaban J connectivity index is 2.06. The quantitative estimate of drug-likeness (QED) is 0.888. The predicted octanol–water partition coefficient (Wildman–Crippen LogP) is 1.84. The monoisotopic (exact) mass is 285 g/mol. The highest BCUT2D eigenvalue weighted by atomic mass is 19.1. The number of ether oxygens (including phenoxy) is 1. The van der Waals surface area contributed by atoms with Gasteiger partial charge in [0.15, 0.2) is 6.10 Å². The average Bonchev–Trinajstić information content (AvgIpc) is 2.85. The molecule has 0 bridgehead atoms. The molecular weight excluding hydrogens is 272 g/mol. The molecule has 2 unspecified atom stereocenters. The molecule has 1 aliphatic heterocycles. The Hall–Kier alpha value is -2.02. The number of amides is 1. The van der Waals surface area contributed by atoms with Gasteiger partial charge in [-0.3, -0.25) is 4.79 Å². The number of benzene rings is 1. The summed E-state index contributed by atoms with van der Waals surface area (Å²) in [5.74, 6) is -3.23. The van der Waals surface area contributed by atoms with Gasteiger partial charge in [0.25, 0.3) is 5.91 Å². The van der Waals surface area contributed by atoms with Crippen LogP contribution in [-0.4, -0.2) is 29.2 Å². The van der Waals surface area contributed by atoms with Crippen LogP contribution in [0.3, 0.4) is 0 Å². The third-order valence-corrected chi connectivity index (χ3v) is 3.09. The Morgan fingerprint density at radius 1 is 1.25 bits per heavy atom. The van der Waals surface area contributed by atoms with Gasteiger partial charge in [-0.25, -0.2) is 13.6 Å². The number of carboxylic acid groups (broad SMARTS) is 1. The van der Waals surface area contributed by atoms with E-state index in [2.05, 4.69) is 5.32 Å². The second-order valence-electron chi connectivity index (χ2n) is 4.60. The second kappa shape index (κ2) is 5.54. The molecule has 0 saturated carbocycles. The Labute approximate surface area is 113 Å². The van der Waals surface area contributed by atoms with E-state index in [1.807, 2.05) is 0 Å². The number of anilines is 1. The zero-order valence-electron chi connectivity index (χ0n) is 10.7. The zero-order valence-corrected chi connectivity index (χ0v) is 10.7. The molecule has 7 heteroatoms. The van der Waals surface area contributed by atoms with E-state index in [1.54, 1.807) is 0 Å². The molecule has 1 aromatic rings. The van der Waals surface area contributed by atoms with E-state index >= 15 is 0 Å². The zero-order chi connectivity index (χ0) is 14.9. The molecule has 0 aromatic heterocycles. The summed E-state index contributed by atoms with van der Waals surface area (Å²) in [6.07, 6.45) is -1.58. The summed E-state index contributed by atoms with van der Waals surface area (Å²) in [4.78, 5) is 22.5. The van der Waals surface area contributed by atoms with E-state index in [4.69, 9.17) is 9.84 Å². The number of carbonyl (C=O) groups excluding carboxylic acids is 1. The Bertz CT molecular complexity index is 562. The van der Waals surface area contributed by atoms with Crippen LogP contribution in [0.15, 0.2) is 12.1 Å². The minimum absolute atomic E-state index is 0.128. The van der Waals surface area contributed by atoms with E-state index in [0.717, 1.165) is 12.1 Å². The Morgan fingerprint density at radius 2 is 1.90 bits per heavy atom. The van der Waals surface area contributed by atoms with Crippen LogP contribution in [0.1, 0.15) is 18.4 Å². The maximum Gasteiger partial charge on any atom is 0.332 e. The first-order chi connectivity index (χ1) is 9.38. The van der Waals surface area contributed by atoms with Gasteiger partial charge in [-0.2, -0.15) is 0 Å². The van der Waals surface area contributed by atoms with Crippen LogP contribution in [0.4, 0.5) is 14.5 Å². The standard InChI is InChI=1S/C13H13F2NO4/c1-6-4-8(15)9(5-7(6)14)16-12(17)10-2-3-11(20-10)13(18)19/h4-5,10-11H,2-3H2,1H3,(H,16,17)(H,18,19). The molecule has 1 saturated heterocycles. The molecule has 1 aromatic carbocycles.